The largest absolute Gasteiger partial charge is 0.352 e. The van der Waals surface area contributed by atoms with Gasteiger partial charge >= 0.3 is 0 Å². The Balaban J connectivity index is 1.48. The molecule has 0 aromatic heterocycles. The molecule has 0 spiro atoms. The minimum absolute atomic E-state index is 0.139. The number of thioether (sulfide) groups is 1. The third-order valence-corrected chi connectivity index (χ3v) is 7.41. The summed E-state index contributed by atoms with van der Waals surface area (Å²) < 4.78 is 0. The molecule has 2 saturated carbocycles. The molecule has 0 saturated heterocycles. The lowest BCUT2D eigenvalue weighted by atomic mass is 9.84. The lowest BCUT2D eigenvalue weighted by Gasteiger charge is -2.30. The Labute approximate surface area is 160 Å². The molecular weight excluding hydrogens is 338 g/mol. The minimum atomic E-state index is -0.209. The zero-order chi connectivity index (χ0) is 17.9. The maximum atomic E-state index is 13.2. The average Bonchev–Trinajstić information content (AvgIpc) is 3.31. The van der Waals surface area contributed by atoms with Crippen molar-refractivity contribution in [2.24, 2.45) is 17.8 Å². The molecule has 2 fully saturated rings. The second-order valence-corrected chi connectivity index (χ2v) is 9.04. The fourth-order valence-electron chi connectivity index (χ4n) is 4.85. The van der Waals surface area contributed by atoms with Crippen molar-refractivity contribution in [3.63, 3.8) is 0 Å². The van der Waals surface area contributed by atoms with E-state index in [2.05, 4.69) is 36.5 Å². The van der Waals surface area contributed by atoms with E-state index in [1.807, 2.05) is 36.4 Å². The molecule has 2 aromatic rings. The molecule has 3 heteroatoms. The molecule has 136 valence electrons. The lowest BCUT2D eigenvalue weighted by molar-refractivity contribution is -0.121. The normalized spacial score (nSPS) is 26.4. The van der Waals surface area contributed by atoms with E-state index in [1.165, 1.54) is 25.7 Å². The number of amides is 1. The van der Waals surface area contributed by atoms with E-state index < -0.39 is 0 Å². The van der Waals surface area contributed by atoms with Crippen molar-refractivity contribution in [3.8, 4) is 0 Å². The zero-order valence-electron chi connectivity index (χ0n) is 15.3. The molecule has 1 N–H and O–H groups in total. The van der Waals surface area contributed by atoms with Crippen LogP contribution in [0, 0.1) is 17.8 Å². The molecular formula is C23H27NOS. The van der Waals surface area contributed by atoms with Gasteiger partial charge in [0, 0.05) is 10.9 Å². The number of fused-ring (bicyclic) bond motifs is 2. The quantitative estimate of drug-likeness (QED) is 0.689. The average molecular weight is 366 g/mol. The molecule has 0 unspecified atom stereocenters. The van der Waals surface area contributed by atoms with Gasteiger partial charge in [-0.3, -0.25) is 4.79 Å². The van der Waals surface area contributed by atoms with Crippen molar-refractivity contribution >= 4 is 17.7 Å². The Bertz CT molecular complexity index is 732. The Kier molecular flexibility index (Phi) is 5.35. The Morgan fingerprint density at radius 2 is 1.69 bits per heavy atom. The number of carbonyl (C=O) groups excluding carboxylic acids is 1. The Morgan fingerprint density at radius 3 is 2.31 bits per heavy atom. The molecule has 2 aliphatic rings. The molecule has 2 aromatic carbocycles. The van der Waals surface area contributed by atoms with E-state index in [4.69, 9.17) is 0 Å². The van der Waals surface area contributed by atoms with E-state index in [-0.39, 0.29) is 17.2 Å². The summed E-state index contributed by atoms with van der Waals surface area (Å²) >= 11 is 1.64. The molecule has 2 bridgehead atoms. The maximum absolute atomic E-state index is 13.2. The summed E-state index contributed by atoms with van der Waals surface area (Å²) in [6.07, 6.45) is 5.44. The van der Waals surface area contributed by atoms with Gasteiger partial charge in [0.25, 0.3) is 0 Å². The molecule has 0 aliphatic heterocycles. The number of hydrogen-bond acceptors (Lipinski definition) is 2. The van der Waals surface area contributed by atoms with Gasteiger partial charge in [-0.05, 0) is 61.6 Å². The summed E-state index contributed by atoms with van der Waals surface area (Å²) in [5.41, 5.74) is 1.07. The summed E-state index contributed by atoms with van der Waals surface area (Å²) in [5.74, 6) is 2.54. The van der Waals surface area contributed by atoms with Crippen LogP contribution in [0.5, 0.6) is 0 Å². The highest BCUT2D eigenvalue weighted by Gasteiger charge is 2.42. The Hall–Kier alpha value is -1.74. The highest BCUT2D eigenvalue weighted by atomic mass is 32.2. The van der Waals surface area contributed by atoms with Gasteiger partial charge in [-0.1, -0.05) is 55.0 Å². The first-order chi connectivity index (χ1) is 12.7. The molecule has 26 heavy (non-hydrogen) atoms. The molecule has 0 heterocycles. The first-order valence-corrected chi connectivity index (χ1v) is 10.7. The zero-order valence-corrected chi connectivity index (χ0v) is 16.1. The van der Waals surface area contributed by atoms with Crippen molar-refractivity contribution in [2.75, 3.05) is 0 Å². The topological polar surface area (TPSA) is 29.1 Å². The maximum Gasteiger partial charge on any atom is 0.238 e. The van der Waals surface area contributed by atoms with E-state index >= 15 is 0 Å². The SMILES string of the molecule is C[C@@H](NC(=O)[C@H](Sc1ccccc1)c1ccccc1)[C@@H]1C[C@@H]2CC[C@@H]1C2. The summed E-state index contributed by atoms with van der Waals surface area (Å²) in [6.45, 7) is 2.21. The van der Waals surface area contributed by atoms with Crippen LogP contribution in [0.3, 0.4) is 0 Å². The monoisotopic (exact) mass is 365 g/mol. The van der Waals surface area contributed by atoms with Crippen LogP contribution in [0.4, 0.5) is 0 Å². The highest BCUT2D eigenvalue weighted by molar-refractivity contribution is 8.00. The predicted octanol–water partition coefficient (Wildman–Crippen LogP) is 5.46. The summed E-state index contributed by atoms with van der Waals surface area (Å²) in [4.78, 5) is 14.3. The smallest absolute Gasteiger partial charge is 0.238 e. The van der Waals surface area contributed by atoms with Gasteiger partial charge in [0.1, 0.15) is 5.25 Å². The van der Waals surface area contributed by atoms with Crippen LogP contribution in [0.1, 0.15) is 43.4 Å². The van der Waals surface area contributed by atoms with Crippen LogP contribution in [0.2, 0.25) is 0 Å². The number of hydrogen-bond donors (Lipinski definition) is 1. The fraction of sp³-hybridized carbons (Fsp3) is 0.435. The Morgan fingerprint density at radius 1 is 1.00 bits per heavy atom. The van der Waals surface area contributed by atoms with Gasteiger partial charge in [-0.25, -0.2) is 0 Å². The van der Waals surface area contributed by atoms with Crippen LogP contribution in [-0.2, 0) is 4.79 Å². The summed E-state index contributed by atoms with van der Waals surface area (Å²) in [7, 11) is 0. The third-order valence-electron chi connectivity index (χ3n) is 6.14. The number of rotatable bonds is 6. The first kappa shape index (κ1) is 17.7. The second-order valence-electron chi connectivity index (χ2n) is 7.86. The molecule has 0 radical (unpaired) electrons. The van der Waals surface area contributed by atoms with Crippen molar-refractivity contribution in [1.82, 2.24) is 5.32 Å². The number of carbonyl (C=O) groups is 1. The highest BCUT2D eigenvalue weighted by Crippen LogP contribution is 2.49. The van der Waals surface area contributed by atoms with Crippen LogP contribution in [0.25, 0.3) is 0 Å². The summed E-state index contributed by atoms with van der Waals surface area (Å²) in [5, 5.41) is 3.16. The van der Waals surface area contributed by atoms with Crippen molar-refractivity contribution < 1.29 is 4.79 Å². The minimum Gasteiger partial charge on any atom is -0.352 e. The summed E-state index contributed by atoms with van der Waals surface area (Å²) in [6, 6.07) is 20.6. The van der Waals surface area contributed by atoms with Gasteiger partial charge < -0.3 is 5.32 Å². The first-order valence-electron chi connectivity index (χ1n) is 9.77. The third kappa shape index (κ3) is 3.83. The van der Waals surface area contributed by atoms with Crippen LogP contribution in [-0.4, -0.2) is 11.9 Å². The molecule has 4 rings (SSSR count). The van der Waals surface area contributed by atoms with E-state index in [9.17, 15) is 4.79 Å². The molecule has 1 amide bonds. The lowest BCUT2D eigenvalue weighted by Crippen LogP contribution is -2.41. The van der Waals surface area contributed by atoms with Crippen molar-refractivity contribution in [2.45, 2.75) is 48.8 Å². The van der Waals surface area contributed by atoms with Crippen LogP contribution < -0.4 is 5.32 Å². The van der Waals surface area contributed by atoms with Gasteiger partial charge in [0.2, 0.25) is 5.91 Å². The number of benzene rings is 2. The number of nitrogens with one attached hydrogen (secondary N) is 1. The van der Waals surface area contributed by atoms with Gasteiger partial charge in [-0.2, -0.15) is 0 Å². The fourth-order valence-corrected chi connectivity index (χ4v) is 5.90. The second kappa shape index (κ2) is 7.87. The van der Waals surface area contributed by atoms with Gasteiger partial charge in [-0.15, -0.1) is 11.8 Å². The van der Waals surface area contributed by atoms with E-state index in [0.717, 1.165) is 22.3 Å². The van der Waals surface area contributed by atoms with Crippen LogP contribution >= 0.6 is 11.8 Å². The molecule has 2 aliphatic carbocycles. The van der Waals surface area contributed by atoms with Gasteiger partial charge in [0.15, 0.2) is 0 Å². The molecule has 2 nitrogen and oxygen atoms in total. The predicted molar refractivity (Wildman–Crippen MR) is 108 cm³/mol. The van der Waals surface area contributed by atoms with E-state index in [1.54, 1.807) is 11.8 Å². The van der Waals surface area contributed by atoms with Crippen molar-refractivity contribution in [3.05, 3.63) is 66.2 Å². The molecule has 5 atom stereocenters. The van der Waals surface area contributed by atoms with Gasteiger partial charge in [0.05, 0.1) is 0 Å². The standard InChI is InChI=1S/C23H27NOS/c1-16(21-15-17-12-13-19(21)14-17)24-23(25)22(18-8-4-2-5-9-18)26-20-10-6-3-7-11-20/h2-11,16-17,19,21-22H,12-15H2,1H3,(H,24,25)/t16-,17-,19-,21+,22-/m1/s1. The van der Waals surface area contributed by atoms with Crippen molar-refractivity contribution in [1.29, 1.82) is 0 Å². The van der Waals surface area contributed by atoms with E-state index in [0.29, 0.717) is 5.92 Å². The van der Waals surface area contributed by atoms with Crippen LogP contribution in [0.15, 0.2) is 65.6 Å².